The minimum absolute atomic E-state index is 0.0872. The fraction of sp³-hybridized carbons (Fsp3) is 0.909. The van der Waals surface area contributed by atoms with E-state index in [1.165, 1.54) is 0 Å². The summed E-state index contributed by atoms with van der Waals surface area (Å²) in [6, 6.07) is -0.138. The van der Waals surface area contributed by atoms with E-state index in [2.05, 4.69) is 6.92 Å². The van der Waals surface area contributed by atoms with Crippen LogP contribution in [-0.2, 0) is 9.53 Å². The Bertz CT molecular complexity index is 226. The molecule has 1 amide bonds. The first-order valence-electron chi connectivity index (χ1n) is 5.83. The van der Waals surface area contributed by atoms with Gasteiger partial charge in [0, 0.05) is 6.54 Å². The highest BCUT2D eigenvalue weighted by Gasteiger charge is 2.28. The van der Waals surface area contributed by atoms with Crippen LogP contribution < -0.4 is 5.73 Å². The SMILES string of the molecule is CCC1COCCN1C(=O)[C@H](N)CCSC. The molecule has 5 heteroatoms. The van der Waals surface area contributed by atoms with E-state index >= 15 is 0 Å². The molecule has 16 heavy (non-hydrogen) atoms. The highest BCUT2D eigenvalue weighted by atomic mass is 32.2. The molecule has 0 aromatic carbocycles. The first-order valence-corrected chi connectivity index (χ1v) is 7.22. The Kier molecular flexibility index (Phi) is 6.16. The number of thioether (sulfide) groups is 1. The molecule has 0 bridgehead atoms. The normalized spacial score (nSPS) is 23.2. The molecule has 0 radical (unpaired) electrons. The summed E-state index contributed by atoms with van der Waals surface area (Å²) in [6.45, 7) is 4.05. The molecule has 2 atom stereocenters. The van der Waals surface area contributed by atoms with Crippen LogP contribution in [0.15, 0.2) is 0 Å². The van der Waals surface area contributed by atoms with Crippen LogP contribution in [0.3, 0.4) is 0 Å². The maximum absolute atomic E-state index is 12.1. The zero-order valence-electron chi connectivity index (χ0n) is 10.1. The third-order valence-corrected chi connectivity index (χ3v) is 3.58. The maximum atomic E-state index is 12.1. The van der Waals surface area contributed by atoms with Crippen LogP contribution in [0.1, 0.15) is 19.8 Å². The van der Waals surface area contributed by atoms with Crippen LogP contribution in [0.4, 0.5) is 0 Å². The summed E-state index contributed by atoms with van der Waals surface area (Å²) in [4.78, 5) is 14.0. The van der Waals surface area contributed by atoms with Crippen molar-refractivity contribution in [1.82, 2.24) is 4.90 Å². The molecular formula is C11H22N2O2S. The summed E-state index contributed by atoms with van der Waals surface area (Å²) >= 11 is 1.73. The van der Waals surface area contributed by atoms with Gasteiger partial charge in [0.2, 0.25) is 5.91 Å². The molecule has 1 saturated heterocycles. The van der Waals surface area contributed by atoms with Crippen LogP contribution in [0, 0.1) is 0 Å². The van der Waals surface area contributed by atoms with Crippen LogP contribution in [-0.4, -0.2) is 54.7 Å². The van der Waals surface area contributed by atoms with Crippen LogP contribution in [0.5, 0.6) is 0 Å². The summed E-state index contributed by atoms with van der Waals surface area (Å²) < 4.78 is 5.38. The van der Waals surface area contributed by atoms with Gasteiger partial charge in [-0.3, -0.25) is 4.79 Å². The number of morpholine rings is 1. The van der Waals surface area contributed by atoms with Crippen molar-refractivity contribution in [3.63, 3.8) is 0 Å². The third kappa shape index (κ3) is 3.64. The minimum Gasteiger partial charge on any atom is -0.377 e. The minimum atomic E-state index is -0.348. The van der Waals surface area contributed by atoms with Gasteiger partial charge < -0.3 is 15.4 Å². The van der Waals surface area contributed by atoms with Crippen molar-refractivity contribution in [3.05, 3.63) is 0 Å². The largest absolute Gasteiger partial charge is 0.377 e. The van der Waals surface area contributed by atoms with Gasteiger partial charge in [-0.25, -0.2) is 0 Å². The molecule has 4 nitrogen and oxygen atoms in total. The highest BCUT2D eigenvalue weighted by Crippen LogP contribution is 2.12. The van der Waals surface area contributed by atoms with E-state index in [0.29, 0.717) is 19.8 Å². The summed E-state index contributed by atoms with van der Waals surface area (Å²) in [6.07, 6.45) is 3.72. The van der Waals surface area contributed by atoms with Crippen LogP contribution in [0.25, 0.3) is 0 Å². The lowest BCUT2D eigenvalue weighted by molar-refractivity contribution is -0.141. The van der Waals surface area contributed by atoms with Crippen molar-refractivity contribution in [2.75, 3.05) is 31.8 Å². The average molecular weight is 246 g/mol. The molecule has 1 unspecified atom stereocenters. The second-order valence-corrected chi connectivity index (χ2v) is 5.04. The molecule has 0 aliphatic carbocycles. The molecule has 1 aliphatic rings. The summed E-state index contributed by atoms with van der Waals surface area (Å²) in [5.74, 6) is 1.03. The number of hydrogen-bond donors (Lipinski definition) is 1. The van der Waals surface area contributed by atoms with E-state index in [-0.39, 0.29) is 18.0 Å². The first-order chi connectivity index (χ1) is 7.70. The van der Waals surface area contributed by atoms with Gasteiger partial charge in [-0.05, 0) is 24.9 Å². The van der Waals surface area contributed by atoms with E-state index < -0.39 is 0 Å². The van der Waals surface area contributed by atoms with Gasteiger partial charge in [-0.15, -0.1) is 0 Å². The second kappa shape index (κ2) is 7.14. The monoisotopic (exact) mass is 246 g/mol. The van der Waals surface area contributed by atoms with Gasteiger partial charge in [-0.2, -0.15) is 11.8 Å². The number of hydrogen-bond acceptors (Lipinski definition) is 4. The fourth-order valence-corrected chi connectivity index (χ4v) is 2.35. The van der Waals surface area contributed by atoms with Crippen molar-refractivity contribution in [2.24, 2.45) is 5.73 Å². The zero-order valence-corrected chi connectivity index (χ0v) is 11.0. The fourth-order valence-electron chi connectivity index (χ4n) is 1.86. The Hall–Kier alpha value is -0.260. The van der Waals surface area contributed by atoms with Gasteiger partial charge >= 0.3 is 0 Å². The predicted molar refractivity (Wildman–Crippen MR) is 67.6 cm³/mol. The molecule has 1 rings (SSSR count). The predicted octanol–water partition coefficient (Wildman–Crippen LogP) is 0.704. The molecule has 0 spiro atoms. The molecular weight excluding hydrogens is 224 g/mol. The number of nitrogens with two attached hydrogens (primary N) is 1. The number of ether oxygens (including phenoxy) is 1. The quantitative estimate of drug-likeness (QED) is 0.776. The van der Waals surface area contributed by atoms with Gasteiger partial charge in [0.05, 0.1) is 25.3 Å². The van der Waals surface area contributed by atoms with Crippen molar-refractivity contribution < 1.29 is 9.53 Å². The van der Waals surface area contributed by atoms with Crippen LogP contribution in [0.2, 0.25) is 0 Å². The highest BCUT2D eigenvalue weighted by molar-refractivity contribution is 7.98. The smallest absolute Gasteiger partial charge is 0.239 e. The Balaban J connectivity index is 2.49. The van der Waals surface area contributed by atoms with Crippen molar-refractivity contribution in [3.8, 4) is 0 Å². The Morgan fingerprint density at radius 1 is 1.69 bits per heavy atom. The summed E-state index contributed by atoms with van der Waals surface area (Å²) in [5.41, 5.74) is 5.91. The van der Waals surface area contributed by atoms with E-state index in [1.807, 2.05) is 11.2 Å². The van der Waals surface area contributed by atoms with Crippen molar-refractivity contribution in [2.45, 2.75) is 31.8 Å². The lowest BCUT2D eigenvalue weighted by Crippen LogP contribution is -2.53. The Labute approximate surface area is 102 Å². The summed E-state index contributed by atoms with van der Waals surface area (Å²) in [5, 5.41) is 0. The lowest BCUT2D eigenvalue weighted by atomic mass is 10.1. The number of nitrogens with zero attached hydrogens (tertiary/aromatic N) is 1. The third-order valence-electron chi connectivity index (χ3n) is 2.93. The average Bonchev–Trinajstić information content (AvgIpc) is 2.34. The standard InChI is InChI=1S/C11H22N2O2S/c1-3-9-8-15-6-5-13(9)11(14)10(12)4-7-16-2/h9-10H,3-8,12H2,1-2H3/t9?,10-/m1/s1. The van der Waals surface area contributed by atoms with E-state index in [4.69, 9.17) is 10.5 Å². The molecule has 1 aliphatic heterocycles. The van der Waals surface area contributed by atoms with E-state index in [9.17, 15) is 4.79 Å². The van der Waals surface area contributed by atoms with Crippen molar-refractivity contribution in [1.29, 1.82) is 0 Å². The van der Waals surface area contributed by atoms with Crippen LogP contribution >= 0.6 is 11.8 Å². The number of amides is 1. The Morgan fingerprint density at radius 3 is 3.06 bits per heavy atom. The number of rotatable bonds is 5. The number of carbonyl (C=O) groups excluding carboxylic acids is 1. The molecule has 2 N–H and O–H groups in total. The van der Waals surface area contributed by atoms with E-state index in [1.54, 1.807) is 11.8 Å². The topological polar surface area (TPSA) is 55.6 Å². The Morgan fingerprint density at radius 2 is 2.44 bits per heavy atom. The number of carbonyl (C=O) groups is 1. The molecule has 1 fully saturated rings. The van der Waals surface area contributed by atoms with Crippen molar-refractivity contribution >= 4 is 17.7 Å². The van der Waals surface area contributed by atoms with Gasteiger partial charge in [-0.1, -0.05) is 6.92 Å². The molecule has 0 aromatic rings. The first kappa shape index (κ1) is 13.8. The van der Waals surface area contributed by atoms with E-state index in [0.717, 1.165) is 18.6 Å². The van der Waals surface area contributed by atoms with Gasteiger partial charge in [0.1, 0.15) is 0 Å². The second-order valence-electron chi connectivity index (χ2n) is 4.06. The van der Waals surface area contributed by atoms with Gasteiger partial charge in [0.25, 0.3) is 0 Å². The molecule has 0 saturated carbocycles. The van der Waals surface area contributed by atoms with Gasteiger partial charge in [0.15, 0.2) is 0 Å². The zero-order chi connectivity index (χ0) is 12.0. The maximum Gasteiger partial charge on any atom is 0.239 e. The molecule has 94 valence electrons. The lowest BCUT2D eigenvalue weighted by Gasteiger charge is -2.36. The summed E-state index contributed by atoms with van der Waals surface area (Å²) in [7, 11) is 0. The molecule has 1 heterocycles. The molecule has 0 aromatic heterocycles.